The Morgan fingerprint density at radius 2 is 2.00 bits per heavy atom. The smallest absolute Gasteiger partial charge is 0.230 e. The van der Waals surface area contributed by atoms with E-state index in [1.165, 1.54) is 5.56 Å². The van der Waals surface area contributed by atoms with Gasteiger partial charge in [0.25, 0.3) is 0 Å². The van der Waals surface area contributed by atoms with Crippen LogP contribution in [0.15, 0.2) is 30.3 Å². The molecule has 1 aliphatic heterocycles. The first kappa shape index (κ1) is 13.6. The van der Waals surface area contributed by atoms with Crippen molar-refractivity contribution in [3.05, 3.63) is 35.9 Å². The van der Waals surface area contributed by atoms with Crippen LogP contribution in [0.3, 0.4) is 0 Å². The number of carbonyl (C=O) groups is 1. The Hall–Kier alpha value is -1.39. The van der Waals surface area contributed by atoms with Crippen LogP contribution in [0, 0.1) is 5.41 Å². The van der Waals surface area contributed by atoms with Crippen LogP contribution in [0.5, 0.6) is 0 Å². The van der Waals surface area contributed by atoms with Gasteiger partial charge in [0.2, 0.25) is 5.91 Å². The van der Waals surface area contributed by atoms with E-state index >= 15 is 0 Å². The topological polar surface area (TPSA) is 49.6 Å². The Morgan fingerprint density at radius 1 is 1.30 bits per heavy atom. The number of carbonyl (C=O) groups excluding carboxylic acids is 1. The fraction of sp³-hybridized carbons (Fsp3) is 0.562. The first-order valence-electron chi connectivity index (χ1n) is 7.41. The molecule has 4 heteroatoms. The summed E-state index contributed by atoms with van der Waals surface area (Å²) < 4.78 is 0. The second-order valence-corrected chi connectivity index (χ2v) is 6.17. The van der Waals surface area contributed by atoms with Gasteiger partial charge in [-0.05, 0) is 25.5 Å². The normalized spacial score (nSPS) is 25.5. The molecular formula is C16H23N3O. The molecule has 1 saturated heterocycles. The first-order valence-corrected chi connectivity index (χ1v) is 7.41. The summed E-state index contributed by atoms with van der Waals surface area (Å²) >= 11 is 0. The van der Waals surface area contributed by atoms with Gasteiger partial charge in [0.05, 0.1) is 11.5 Å². The molecule has 0 spiro atoms. The largest absolute Gasteiger partial charge is 0.333 e. The number of piperazine rings is 1. The van der Waals surface area contributed by atoms with Crippen LogP contribution in [-0.4, -0.2) is 48.9 Å². The predicted molar refractivity (Wildman–Crippen MR) is 79.1 cm³/mol. The lowest BCUT2D eigenvalue weighted by atomic mass is 9.98. The van der Waals surface area contributed by atoms with E-state index in [9.17, 15) is 4.79 Å². The molecule has 1 saturated carbocycles. The molecule has 1 aliphatic carbocycles. The van der Waals surface area contributed by atoms with Crippen molar-refractivity contribution < 1.29 is 4.79 Å². The summed E-state index contributed by atoms with van der Waals surface area (Å²) in [6.07, 6.45) is 1.91. The quantitative estimate of drug-likeness (QED) is 0.901. The van der Waals surface area contributed by atoms with Gasteiger partial charge in [0.1, 0.15) is 0 Å². The molecule has 2 N–H and O–H groups in total. The van der Waals surface area contributed by atoms with Crippen molar-refractivity contribution in [1.29, 1.82) is 0 Å². The molecule has 2 aliphatic rings. The molecular weight excluding hydrogens is 250 g/mol. The van der Waals surface area contributed by atoms with Crippen LogP contribution in [0.1, 0.15) is 24.4 Å². The maximum atomic E-state index is 12.8. The van der Waals surface area contributed by atoms with Gasteiger partial charge >= 0.3 is 0 Å². The summed E-state index contributed by atoms with van der Waals surface area (Å²) in [4.78, 5) is 17.2. The molecule has 1 aromatic carbocycles. The zero-order valence-electron chi connectivity index (χ0n) is 12.1. The molecule has 1 unspecified atom stereocenters. The van der Waals surface area contributed by atoms with Gasteiger partial charge in [-0.2, -0.15) is 0 Å². The van der Waals surface area contributed by atoms with Crippen LogP contribution >= 0.6 is 0 Å². The van der Waals surface area contributed by atoms with Crippen LogP contribution < -0.4 is 5.73 Å². The number of benzene rings is 1. The number of nitrogens with zero attached hydrogens (tertiary/aromatic N) is 2. The van der Waals surface area contributed by atoms with E-state index in [-0.39, 0.29) is 17.4 Å². The molecule has 0 bridgehead atoms. The predicted octanol–water partition coefficient (Wildman–Crippen LogP) is 1.24. The van der Waals surface area contributed by atoms with Gasteiger partial charge in [-0.15, -0.1) is 0 Å². The van der Waals surface area contributed by atoms with E-state index in [0.29, 0.717) is 6.54 Å². The van der Waals surface area contributed by atoms with Crippen molar-refractivity contribution in [3.63, 3.8) is 0 Å². The monoisotopic (exact) mass is 273 g/mol. The highest BCUT2D eigenvalue weighted by Crippen LogP contribution is 2.47. The summed E-state index contributed by atoms with van der Waals surface area (Å²) in [6.45, 7) is 3.13. The van der Waals surface area contributed by atoms with E-state index in [1.807, 2.05) is 18.2 Å². The van der Waals surface area contributed by atoms with Crippen molar-refractivity contribution in [2.24, 2.45) is 11.1 Å². The Labute approximate surface area is 120 Å². The molecule has 1 atom stereocenters. The van der Waals surface area contributed by atoms with Crippen LogP contribution in [0.4, 0.5) is 0 Å². The molecule has 1 amide bonds. The minimum absolute atomic E-state index is 0.159. The maximum absolute atomic E-state index is 12.8. The third-order valence-corrected chi connectivity index (χ3v) is 4.73. The molecule has 0 radical (unpaired) electrons. The van der Waals surface area contributed by atoms with E-state index in [2.05, 4.69) is 29.0 Å². The number of rotatable bonds is 3. The molecule has 2 fully saturated rings. The minimum Gasteiger partial charge on any atom is -0.333 e. The second kappa shape index (κ2) is 5.19. The fourth-order valence-electron chi connectivity index (χ4n) is 3.08. The van der Waals surface area contributed by atoms with Gasteiger partial charge in [-0.3, -0.25) is 4.79 Å². The van der Waals surface area contributed by atoms with E-state index in [4.69, 9.17) is 5.73 Å². The third kappa shape index (κ3) is 2.34. The molecule has 1 aromatic rings. The molecule has 108 valence electrons. The number of amides is 1. The van der Waals surface area contributed by atoms with E-state index in [1.54, 1.807) is 0 Å². The lowest BCUT2D eigenvalue weighted by molar-refractivity contribution is -0.141. The van der Waals surface area contributed by atoms with Gasteiger partial charge in [0.15, 0.2) is 0 Å². The van der Waals surface area contributed by atoms with Crippen molar-refractivity contribution >= 4 is 5.91 Å². The summed E-state index contributed by atoms with van der Waals surface area (Å²) in [5.41, 5.74) is 6.81. The van der Waals surface area contributed by atoms with Crippen molar-refractivity contribution in [3.8, 4) is 0 Å². The van der Waals surface area contributed by atoms with E-state index in [0.717, 1.165) is 32.5 Å². The van der Waals surface area contributed by atoms with Crippen LogP contribution in [-0.2, 0) is 4.79 Å². The summed E-state index contributed by atoms with van der Waals surface area (Å²) in [5.74, 6) is 0.266. The Balaban J connectivity index is 1.86. The van der Waals surface area contributed by atoms with E-state index < -0.39 is 0 Å². The first-order chi connectivity index (χ1) is 9.66. The zero-order valence-corrected chi connectivity index (χ0v) is 12.1. The molecule has 3 rings (SSSR count). The Bertz CT molecular complexity index is 484. The van der Waals surface area contributed by atoms with Gasteiger partial charge in [0, 0.05) is 26.2 Å². The van der Waals surface area contributed by atoms with Crippen molar-refractivity contribution in [2.45, 2.75) is 18.9 Å². The molecule has 0 aromatic heterocycles. The fourth-order valence-corrected chi connectivity index (χ4v) is 3.08. The summed E-state index contributed by atoms with van der Waals surface area (Å²) in [7, 11) is 2.12. The Kier molecular flexibility index (Phi) is 3.52. The number of nitrogens with two attached hydrogens (primary N) is 1. The summed E-state index contributed by atoms with van der Waals surface area (Å²) in [6, 6.07) is 10.5. The van der Waals surface area contributed by atoms with Gasteiger partial charge < -0.3 is 15.5 Å². The lowest BCUT2D eigenvalue weighted by Gasteiger charge is -2.42. The maximum Gasteiger partial charge on any atom is 0.230 e. The van der Waals surface area contributed by atoms with Gasteiger partial charge in [-0.1, -0.05) is 30.3 Å². The minimum atomic E-state index is -0.247. The van der Waals surface area contributed by atoms with Crippen molar-refractivity contribution in [1.82, 2.24) is 9.80 Å². The highest BCUT2D eigenvalue weighted by Gasteiger charge is 2.52. The average molecular weight is 273 g/mol. The average Bonchev–Trinajstić information content (AvgIpc) is 3.28. The van der Waals surface area contributed by atoms with Crippen LogP contribution in [0.25, 0.3) is 0 Å². The highest BCUT2D eigenvalue weighted by atomic mass is 16.2. The van der Waals surface area contributed by atoms with Crippen LogP contribution in [0.2, 0.25) is 0 Å². The van der Waals surface area contributed by atoms with Crippen molar-refractivity contribution in [2.75, 3.05) is 33.2 Å². The number of hydrogen-bond donors (Lipinski definition) is 1. The zero-order chi connectivity index (χ0) is 14.2. The highest BCUT2D eigenvalue weighted by molar-refractivity contribution is 5.86. The Morgan fingerprint density at radius 3 is 2.60 bits per heavy atom. The molecule has 20 heavy (non-hydrogen) atoms. The standard InChI is InChI=1S/C16H23N3O/c1-18-9-10-19(15(20)16(12-17)7-8-16)14(11-18)13-5-3-2-4-6-13/h2-6,14H,7-12,17H2,1H3. The number of likely N-dealkylation sites (N-methyl/N-ethyl adjacent to an activating group) is 1. The molecule has 1 heterocycles. The third-order valence-electron chi connectivity index (χ3n) is 4.73. The van der Waals surface area contributed by atoms with Gasteiger partial charge in [-0.25, -0.2) is 0 Å². The second-order valence-electron chi connectivity index (χ2n) is 6.17. The number of hydrogen-bond acceptors (Lipinski definition) is 3. The SMILES string of the molecule is CN1CCN(C(=O)C2(CN)CC2)C(c2ccccc2)C1. The molecule has 4 nitrogen and oxygen atoms in total. The lowest BCUT2D eigenvalue weighted by Crippen LogP contribution is -2.52. The summed E-state index contributed by atoms with van der Waals surface area (Å²) in [5, 5.41) is 0.